The van der Waals surface area contributed by atoms with E-state index in [9.17, 15) is 4.79 Å². The van der Waals surface area contributed by atoms with Gasteiger partial charge in [-0.25, -0.2) is 0 Å². The Morgan fingerprint density at radius 2 is 2.04 bits per heavy atom. The highest BCUT2D eigenvalue weighted by atomic mass is 32.2. The maximum Gasteiger partial charge on any atom is 0.240 e. The molecule has 2 aromatic rings. The van der Waals surface area contributed by atoms with Gasteiger partial charge in [0.25, 0.3) is 0 Å². The van der Waals surface area contributed by atoms with Crippen LogP contribution < -0.4 is 4.90 Å². The summed E-state index contributed by atoms with van der Waals surface area (Å²) in [4.78, 5) is 14.4. The third-order valence-corrected chi connectivity index (χ3v) is 6.04. The summed E-state index contributed by atoms with van der Waals surface area (Å²) < 4.78 is 1.67. The van der Waals surface area contributed by atoms with Gasteiger partial charge in [-0.3, -0.25) is 4.79 Å². The summed E-state index contributed by atoms with van der Waals surface area (Å²) in [5.74, 6) is -0.0302. The topological polar surface area (TPSA) is 69.9 Å². The number of rotatable bonds is 7. The Hall–Kier alpha value is -1.56. The van der Waals surface area contributed by atoms with Crippen molar-refractivity contribution in [1.29, 1.82) is 5.26 Å². The van der Waals surface area contributed by atoms with Gasteiger partial charge in [-0.15, -0.1) is 10.2 Å². The fraction of sp³-hybridized carbons (Fsp3) is 0.333. The van der Waals surface area contributed by atoms with Crippen LogP contribution in [0.2, 0.25) is 0 Å². The normalized spacial score (nSPS) is 11.7. The number of thioether (sulfide) groups is 2. The smallest absolute Gasteiger partial charge is 0.240 e. The number of carbonyl (C=O) groups is 1. The Morgan fingerprint density at radius 1 is 1.35 bits per heavy atom. The standard InChI is InChI=1S/C15H16N4OS3/c1-11(22-15-18-17-14(21-2)23-15)13(20)19(10-6-9-16)12-7-4-3-5-8-12/h3-5,7-8,11H,6,10H2,1-2H3. The Kier molecular flexibility index (Phi) is 6.89. The molecule has 0 aliphatic carbocycles. The second kappa shape index (κ2) is 8.91. The maximum absolute atomic E-state index is 12.8. The van der Waals surface area contributed by atoms with Crippen molar-refractivity contribution in [2.24, 2.45) is 0 Å². The van der Waals surface area contributed by atoms with Crippen LogP contribution in [-0.4, -0.2) is 34.2 Å². The molecule has 120 valence electrons. The van der Waals surface area contributed by atoms with E-state index in [-0.39, 0.29) is 11.2 Å². The van der Waals surface area contributed by atoms with Gasteiger partial charge in [0.2, 0.25) is 5.91 Å². The monoisotopic (exact) mass is 364 g/mol. The second-order valence-electron chi connectivity index (χ2n) is 4.53. The lowest BCUT2D eigenvalue weighted by molar-refractivity contribution is -0.117. The zero-order valence-corrected chi connectivity index (χ0v) is 15.2. The summed E-state index contributed by atoms with van der Waals surface area (Å²) in [7, 11) is 0. The number of carbonyl (C=O) groups excluding carboxylic acids is 1. The van der Waals surface area contributed by atoms with Gasteiger partial charge in [0, 0.05) is 12.2 Å². The maximum atomic E-state index is 12.8. The van der Waals surface area contributed by atoms with Gasteiger partial charge in [-0.2, -0.15) is 5.26 Å². The highest BCUT2D eigenvalue weighted by Crippen LogP contribution is 2.31. The first-order valence-corrected chi connectivity index (χ1v) is 9.85. The fourth-order valence-corrected chi connectivity index (χ4v) is 4.53. The van der Waals surface area contributed by atoms with Gasteiger partial charge in [-0.1, -0.05) is 53.1 Å². The van der Waals surface area contributed by atoms with Crippen molar-refractivity contribution >= 4 is 46.5 Å². The van der Waals surface area contributed by atoms with Gasteiger partial charge in [0.15, 0.2) is 8.68 Å². The molecule has 1 aromatic heterocycles. The second-order valence-corrected chi connectivity index (χ2v) is 8.15. The van der Waals surface area contributed by atoms with Crippen LogP contribution >= 0.6 is 34.9 Å². The van der Waals surface area contributed by atoms with Crippen LogP contribution in [0.4, 0.5) is 5.69 Å². The Morgan fingerprint density at radius 3 is 2.65 bits per heavy atom. The van der Waals surface area contributed by atoms with E-state index in [4.69, 9.17) is 5.26 Å². The summed E-state index contributed by atoms with van der Waals surface area (Å²) >= 11 is 4.43. The minimum Gasteiger partial charge on any atom is -0.310 e. The molecule has 5 nitrogen and oxygen atoms in total. The summed E-state index contributed by atoms with van der Waals surface area (Å²) in [5, 5.41) is 16.7. The third kappa shape index (κ3) is 4.96. The lowest BCUT2D eigenvalue weighted by atomic mass is 10.2. The molecule has 1 aromatic carbocycles. The van der Waals surface area contributed by atoms with E-state index in [1.165, 1.54) is 34.9 Å². The first kappa shape index (κ1) is 17.8. The summed E-state index contributed by atoms with van der Waals surface area (Å²) in [6.07, 6.45) is 2.25. The molecule has 0 fully saturated rings. The van der Waals surface area contributed by atoms with Crippen LogP contribution in [0, 0.1) is 11.3 Å². The number of hydrogen-bond donors (Lipinski definition) is 0. The highest BCUT2D eigenvalue weighted by Gasteiger charge is 2.24. The molecule has 0 bridgehead atoms. The lowest BCUT2D eigenvalue weighted by Crippen LogP contribution is -2.37. The number of para-hydroxylation sites is 1. The van der Waals surface area contributed by atoms with Crippen molar-refractivity contribution in [1.82, 2.24) is 10.2 Å². The fourth-order valence-electron chi connectivity index (χ4n) is 1.88. The van der Waals surface area contributed by atoms with Crippen LogP contribution in [0.1, 0.15) is 13.3 Å². The number of aromatic nitrogens is 2. The van der Waals surface area contributed by atoms with Crippen LogP contribution in [0.3, 0.4) is 0 Å². The third-order valence-electron chi connectivity index (χ3n) is 2.97. The predicted octanol–water partition coefficient (Wildman–Crippen LogP) is 3.69. The number of nitrogens with zero attached hydrogens (tertiary/aromatic N) is 4. The molecule has 0 saturated carbocycles. The zero-order valence-electron chi connectivity index (χ0n) is 12.8. The van der Waals surface area contributed by atoms with Crippen molar-refractivity contribution in [3.8, 4) is 6.07 Å². The molecule has 8 heteroatoms. The van der Waals surface area contributed by atoms with Crippen molar-refractivity contribution in [2.75, 3.05) is 17.7 Å². The SMILES string of the molecule is CSc1nnc(SC(C)C(=O)N(CCC#N)c2ccccc2)s1. The summed E-state index contributed by atoms with van der Waals surface area (Å²) in [5.41, 5.74) is 0.808. The highest BCUT2D eigenvalue weighted by molar-refractivity contribution is 8.03. The minimum absolute atomic E-state index is 0.0302. The van der Waals surface area contributed by atoms with Crippen LogP contribution in [-0.2, 0) is 4.79 Å². The van der Waals surface area contributed by atoms with Crippen molar-refractivity contribution in [3.63, 3.8) is 0 Å². The van der Waals surface area contributed by atoms with E-state index in [0.717, 1.165) is 14.4 Å². The number of benzene rings is 1. The molecule has 0 saturated heterocycles. The quantitative estimate of drug-likeness (QED) is 0.698. The van der Waals surface area contributed by atoms with Crippen molar-refractivity contribution in [3.05, 3.63) is 30.3 Å². The average molecular weight is 365 g/mol. The molecular weight excluding hydrogens is 348 g/mol. The van der Waals surface area contributed by atoms with E-state index >= 15 is 0 Å². The van der Waals surface area contributed by atoms with Gasteiger partial charge in [0.05, 0.1) is 17.7 Å². The van der Waals surface area contributed by atoms with Crippen LogP contribution in [0.15, 0.2) is 39.0 Å². The minimum atomic E-state index is -0.295. The lowest BCUT2D eigenvalue weighted by Gasteiger charge is -2.24. The molecule has 1 atom stereocenters. The van der Waals surface area contributed by atoms with E-state index < -0.39 is 0 Å². The van der Waals surface area contributed by atoms with Crippen molar-refractivity contribution < 1.29 is 4.79 Å². The summed E-state index contributed by atoms with van der Waals surface area (Å²) in [6.45, 7) is 2.24. The van der Waals surface area contributed by atoms with Crippen molar-refractivity contribution in [2.45, 2.75) is 27.3 Å². The molecule has 0 aliphatic heterocycles. The first-order valence-electron chi connectivity index (χ1n) is 6.93. The van der Waals surface area contributed by atoms with E-state index in [1.54, 1.807) is 4.90 Å². The number of nitriles is 1. The van der Waals surface area contributed by atoms with E-state index in [1.807, 2.05) is 43.5 Å². The number of anilines is 1. The van der Waals surface area contributed by atoms with Gasteiger partial charge >= 0.3 is 0 Å². The molecule has 0 radical (unpaired) electrons. The molecule has 0 aliphatic rings. The molecule has 0 spiro atoms. The predicted molar refractivity (Wildman–Crippen MR) is 96.0 cm³/mol. The Bertz CT molecular complexity index is 684. The number of hydrogen-bond acceptors (Lipinski definition) is 7. The van der Waals surface area contributed by atoms with E-state index in [2.05, 4.69) is 16.3 Å². The summed E-state index contributed by atoms with van der Waals surface area (Å²) in [6, 6.07) is 11.5. The molecule has 1 amide bonds. The van der Waals surface area contributed by atoms with Crippen LogP contribution in [0.5, 0.6) is 0 Å². The Balaban J connectivity index is 2.11. The average Bonchev–Trinajstić information content (AvgIpc) is 3.03. The molecule has 1 unspecified atom stereocenters. The zero-order chi connectivity index (χ0) is 16.7. The molecule has 1 heterocycles. The largest absolute Gasteiger partial charge is 0.310 e. The first-order chi connectivity index (χ1) is 11.2. The van der Waals surface area contributed by atoms with Gasteiger partial charge < -0.3 is 4.90 Å². The Labute approximate surface area is 148 Å². The molecule has 23 heavy (non-hydrogen) atoms. The van der Waals surface area contributed by atoms with Gasteiger partial charge in [-0.05, 0) is 25.3 Å². The molecular formula is C15H16N4OS3. The molecule has 2 rings (SSSR count). The van der Waals surface area contributed by atoms with Gasteiger partial charge in [0.1, 0.15) is 0 Å². The van der Waals surface area contributed by atoms with Crippen LogP contribution in [0.25, 0.3) is 0 Å². The van der Waals surface area contributed by atoms with E-state index in [0.29, 0.717) is 13.0 Å². The number of amides is 1. The molecule has 0 N–H and O–H groups in total.